The van der Waals surface area contributed by atoms with Gasteiger partial charge >= 0.3 is 0 Å². The summed E-state index contributed by atoms with van der Waals surface area (Å²) in [7, 11) is 4.91. The Balaban J connectivity index is 2.32. The van der Waals surface area contributed by atoms with Crippen LogP contribution in [0.15, 0.2) is 0 Å². The van der Waals surface area contributed by atoms with E-state index in [1.165, 1.54) is 0 Å². The van der Waals surface area contributed by atoms with Crippen LogP contribution < -0.4 is 10.6 Å². The van der Waals surface area contributed by atoms with Gasteiger partial charge in [-0.2, -0.15) is 0 Å². The predicted molar refractivity (Wildman–Crippen MR) is 33.5 cm³/mol. The van der Waals surface area contributed by atoms with Crippen LogP contribution in [0.2, 0.25) is 0 Å². The Morgan fingerprint density at radius 1 is 1.78 bits per heavy atom. The third kappa shape index (κ3) is 1.42. The second-order valence-electron chi connectivity index (χ2n) is 2.16. The first-order chi connectivity index (χ1) is 4.34. The minimum absolute atomic E-state index is 0.0463. The highest BCUT2D eigenvalue weighted by molar-refractivity contribution is 5.82. The number of hydrogen-bond donors (Lipinski definition) is 2. The number of amides is 1. The van der Waals surface area contributed by atoms with Gasteiger partial charge in [0, 0.05) is 0 Å². The fourth-order valence-corrected chi connectivity index (χ4v) is 1.01. The van der Waals surface area contributed by atoms with Crippen LogP contribution in [0.25, 0.3) is 0 Å². The molecular weight excluding hydrogens is 116 g/mol. The molecule has 1 heterocycles. The molecule has 2 N–H and O–H groups in total. The fourth-order valence-electron chi connectivity index (χ4n) is 1.01. The summed E-state index contributed by atoms with van der Waals surface area (Å²) >= 11 is 0. The fraction of sp³-hybridized carbons (Fsp3) is 0.667. The van der Waals surface area contributed by atoms with Gasteiger partial charge in [0.1, 0.15) is 0 Å². The molecule has 1 saturated heterocycles. The Bertz CT molecular complexity index is 108. The van der Waals surface area contributed by atoms with Gasteiger partial charge in [0.15, 0.2) is 0 Å². The Morgan fingerprint density at radius 3 is 3.00 bits per heavy atom. The highest BCUT2D eigenvalue weighted by atomic mass is 16.2. The van der Waals surface area contributed by atoms with E-state index in [0.29, 0.717) is 0 Å². The van der Waals surface area contributed by atoms with Crippen molar-refractivity contribution < 1.29 is 4.79 Å². The summed E-state index contributed by atoms with van der Waals surface area (Å²) in [5, 5.41) is 5.12. The largest absolute Gasteiger partial charge is 0.348 e. The monoisotopic (exact) mass is 126 g/mol. The minimum atomic E-state index is -0.104. The topological polar surface area (TPSA) is 41.1 Å². The quantitative estimate of drug-likeness (QED) is 0.466. The van der Waals surface area contributed by atoms with Crippen molar-refractivity contribution in [1.29, 1.82) is 0 Å². The summed E-state index contributed by atoms with van der Waals surface area (Å²) in [6, 6.07) is -0.0463. The first-order valence-electron chi connectivity index (χ1n) is 3.08. The smallest absolute Gasteiger partial charge is 0.237 e. The highest BCUT2D eigenvalue weighted by Crippen LogP contribution is 2.03. The third-order valence-electron chi connectivity index (χ3n) is 1.52. The molecule has 0 aromatic carbocycles. The molecule has 3 heteroatoms. The first-order valence-corrected chi connectivity index (χ1v) is 3.08. The normalized spacial score (nSPS) is 26.1. The van der Waals surface area contributed by atoms with Crippen LogP contribution in [0.5, 0.6) is 0 Å². The molecule has 9 heavy (non-hydrogen) atoms. The van der Waals surface area contributed by atoms with Crippen molar-refractivity contribution in [3.63, 3.8) is 0 Å². The molecular formula is C6H10N2O. The van der Waals surface area contributed by atoms with Crippen LogP contribution in [0, 0.1) is 7.05 Å². The molecule has 50 valence electrons. The van der Waals surface area contributed by atoms with Crippen LogP contribution in [0.4, 0.5) is 0 Å². The third-order valence-corrected chi connectivity index (χ3v) is 1.52. The molecule has 1 aliphatic heterocycles. The maximum absolute atomic E-state index is 10.7. The Kier molecular flexibility index (Phi) is 2.05. The summed E-state index contributed by atoms with van der Waals surface area (Å²) < 4.78 is 0. The van der Waals surface area contributed by atoms with Crippen molar-refractivity contribution in [1.82, 2.24) is 10.6 Å². The first kappa shape index (κ1) is 6.55. The molecule has 1 fully saturated rings. The molecule has 0 bridgehead atoms. The van der Waals surface area contributed by atoms with Crippen molar-refractivity contribution in [3.8, 4) is 0 Å². The standard InChI is InChI=1S/C6H10N2O/c1-7-6(9)5-3-2-4-8-5/h1,5,8H,2-4H2,(H,7,9)/t5-/m0/s1. The lowest BCUT2D eigenvalue weighted by atomic mass is 10.2. The summed E-state index contributed by atoms with van der Waals surface area (Å²) in [5.74, 6) is -0.104. The summed E-state index contributed by atoms with van der Waals surface area (Å²) in [5.41, 5.74) is 0. The number of rotatable bonds is 1. The van der Waals surface area contributed by atoms with Crippen molar-refractivity contribution >= 4 is 5.91 Å². The second-order valence-corrected chi connectivity index (χ2v) is 2.16. The molecule has 3 nitrogen and oxygen atoms in total. The SMILES string of the molecule is [CH]NC(=O)[C@@H]1CCCN1. The highest BCUT2D eigenvalue weighted by Gasteiger charge is 2.19. The number of nitrogens with one attached hydrogen (secondary N) is 2. The van der Waals surface area contributed by atoms with Crippen LogP contribution >= 0.6 is 0 Å². The van der Waals surface area contributed by atoms with Gasteiger partial charge in [-0.05, 0) is 19.4 Å². The van der Waals surface area contributed by atoms with Gasteiger partial charge in [0.25, 0.3) is 0 Å². The molecule has 0 unspecified atom stereocenters. The maximum atomic E-state index is 10.7. The molecule has 1 amide bonds. The van der Waals surface area contributed by atoms with Crippen molar-refractivity contribution in [2.75, 3.05) is 6.54 Å². The molecule has 2 radical (unpaired) electrons. The molecule has 0 saturated carbocycles. The average molecular weight is 126 g/mol. The lowest BCUT2D eigenvalue weighted by Crippen LogP contribution is -2.37. The second kappa shape index (κ2) is 2.82. The maximum Gasteiger partial charge on any atom is 0.237 e. The Morgan fingerprint density at radius 2 is 2.56 bits per heavy atom. The van der Waals surface area contributed by atoms with Gasteiger partial charge in [-0.3, -0.25) is 4.79 Å². The molecule has 0 spiro atoms. The zero-order valence-electron chi connectivity index (χ0n) is 5.18. The molecule has 0 aromatic heterocycles. The van der Waals surface area contributed by atoms with Crippen LogP contribution in [0.3, 0.4) is 0 Å². The van der Waals surface area contributed by atoms with E-state index < -0.39 is 0 Å². The van der Waals surface area contributed by atoms with E-state index in [1.54, 1.807) is 0 Å². The van der Waals surface area contributed by atoms with Gasteiger partial charge in [-0.15, -0.1) is 0 Å². The van der Waals surface area contributed by atoms with E-state index in [1.807, 2.05) is 0 Å². The predicted octanol–water partition coefficient (Wildman–Crippen LogP) is -0.477. The summed E-state index contributed by atoms with van der Waals surface area (Å²) in [4.78, 5) is 10.7. The molecule has 0 aromatic rings. The zero-order chi connectivity index (χ0) is 6.69. The van der Waals surface area contributed by atoms with Gasteiger partial charge < -0.3 is 10.6 Å². The van der Waals surface area contributed by atoms with E-state index >= 15 is 0 Å². The van der Waals surface area contributed by atoms with Crippen molar-refractivity contribution in [2.45, 2.75) is 18.9 Å². The van der Waals surface area contributed by atoms with E-state index in [-0.39, 0.29) is 11.9 Å². The van der Waals surface area contributed by atoms with E-state index in [2.05, 4.69) is 10.6 Å². The van der Waals surface area contributed by atoms with Crippen LogP contribution in [-0.2, 0) is 4.79 Å². The average Bonchev–Trinajstić information content (AvgIpc) is 2.37. The minimum Gasteiger partial charge on any atom is -0.348 e. The molecule has 1 aliphatic rings. The molecule has 0 aliphatic carbocycles. The number of hydrogen-bond acceptors (Lipinski definition) is 2. The van der Waals surface area contributed by atoms with Gasteiger partial charge in [-0.25, -0.2) is 0 Å². The Labute approximate surface area is 54.8 Å². The van der Waals surface area contributed by atoms with Crippen LogP contribution in [-0.4, -0.2) is 18.5 Å². The van der Waals surface area contributed by atoms with E-state index in [9.17, 15) is 4.79 Å². The molecule has 1 rings (SSSR count). The van der Waals surface area contributed by atoms with Crippen molar-refractivity contribution in [3.05, 3.63) is 7.05 Å². The van der Waals surface area contributed by atoms with Crippen molar-refractivity contribution in [2.24, 2.45) is 0 Å². The van der Waals surface area contributed by atoms with E-state index in [4.69, 9.17) is 7.05 Å². The lowest BCUT2D eigenvalue weighted by Gasteiger charge is -2.05. The van der Waals surface area contributed by atoms with Gasteiger partial charge in [0.2, 0.25) is 5.91 Å². The zero-order valence-corrected chi connectivity index (χ0v) is 5.18. The number of carbonyl (C=O) groups excluding carboxylic acids is 1. The van der Waals surface area contributed by atoms with Gasteiger partial charge in [0.05, 0.1) is 13.1 Å². The lowest BCUT2D eigenvalue weighted by molar-refractivity contribution is -0.121. The van der Waals surface area contributed by atoms with Gasteiger partial charge in [-0.1, -0.05) is 0 Å². The van der Waals surface area contributed by atoms with Crippen LogP contribution in [0.1, 0.15) is 12.8 Å². The summed E-state index contributed by atoms with van der Waals surface area (Å²) in [6.45, 7) is 0.929. The number of carbonyl (C=O) groups is 1. The Hall–Kier alpha value is -0.570. The van der Waals surface area contributed by atoms with E-state index in [0.717, 1.165) is 19.4 Å². The summed E-state index contributed by atoms with van der Waals surface area (Å²) in [6.07, 6.45) is 1.97. The molecule has 1 atom stereocenters.